The van der Waals surface area contributed by atoms with E-state index in [9.17, 15) is 0 Å². The molecule has 0 radical (unpaired) electrons. The van der Waals surface area contributed by atoms with Gasteiger partial charge in [-0.3, -0.25) is 0 Å². The molecule has 4 heterocycles. The lowest BCUT2D eigenvalue weighted by Crippen LogP contribution is -2.45. The lowest BCUT2D eigenvalue weighted by Gasteiger charge is -2.32. The number of hydrogen-bond acceptors (Lipinski definition) is 5. The number of piperazine rings is 1. The van der Waals surface area contributed by atoms with Gasteiger partial charge in [-0.25, -0.2) is 4.98 Å². The van der Waals surface area contributed by atoms with Crippen molar-refractivity contribution in [3.63, 3.8) is 0 Å². The maximum absolute atomic E-state index is 5.11. The standard InChI is InChI=1S/C19H23N5S/c1-13-17(16-7-4-12-25-16)18-21-15-6-3-2-5-14(15)19(24(18)22-13)23-10-8-20-9-11-23/h4,7,12,20H,2-3,5-6,8-11H2,1H3. The molecule has 1 N–H and O–H groups in total. The summed E-state index contributed by atoms with van der Waals surface area (Å²) in [4.78, 5) is 8.89. The fourth-order valence-corrected chi connectivity index (χ4v) is 5.00. The van der Waals surface area contributed by atoms with Crippen LogP contribution in [-0.4, -0.2) is 40.8 Å². The molecule has 25 heavy (non-hydrogen) atoms. The molecule has 1 fully saturated rings. The predicted molar refractivity (Wildman–Crippen MR) is 103 cm³/mol. The molecule has 1 saturated heterocycles. The van der Waals surface area contributed by atoms with Crippen molar-refractivity contribution in [2.24, 2.45) is 0 Å². The summed E-state index contributed by atoms with van der Waals surface area (Å²) in [6, 6.07) is 4.29. The fourth-order valence-electron chi connectivity index (χ4n) is 4.19. The molecule has 0 unspecified atom stereocenters. The van der Waals surface area contributed by atoms with Crippen LogP contribution in [0.4, 0.5) is 5.82 Å². The second-order valence-electron chi connectivity index (χ2n) is 6.98. The summed E-state index contributed by atoms with van der Waals surface area (Å²) in [7, 11) is 0. The van der Waals surface area contributed by atoms with Crippen molar-refractivity contribution < 1.29 is 0 Å². The number of aromatic nitrogens is 3. The normalized spacial score (nSPS) is 17.9. The number of nitrogens with zero attached hydrogens (tertiary/aromatic N) is 4. The molecule has 1 aliphatic heterocycles. The van der Waals surface area contributed by atoms with Gasteiger partial charge in [0.1, 0.15) is 5.82 Å². The smallest absolute Gasteiger partial charge is 0.166 e. The van der Waals surface area contributed by atoms with E-state index in [1.165, 1.54) is 40.4 Å². The van der Waals surface area contributed by atoms with Gasteiger partial charge in [0.2, 0.25) is 0 Å². The zero-order valence-electron chi connectivity index (χ0n) is 14.6. The van der Waals surface area contributed by atoms with Crippen molar-refractivity contribution >= 4 is 22.8 Å². The van der Waals surface area contributed by atoms with Gasteiger partial charge in [0.25, 0.3) is 0 Å². The van der Waals surface area contributed by atoms with Crippen LogP contribution < -0.4 is 10.2 Å². The van der Waals surface area contributed by atoms with Crippen molar-refractivity contribution in [2.75, 3.05) is 31.1 Å². The van der Waals surface area contributed by atoms with Gasteiger partial charge in [-0.2, -0.15) is 9.61 Å². The van der Waals surface area contributed by atoms with Gasteiger partial charge >= 0.3 is 0 Å². The third-order valence-electron chi connectivity index (χ3n) is 5.37. The lowest BCUT2D eigenvalue weighted by atomic mass is 9.95. The summed E-state index contributed by atoms with van der Waals surface area (Å²) in [6.45, 7) is 6.27. The molecule has 2 aliphatic rings. The van der Waals surface area contributed by atoms with Crippen LogP contribution >= 0.6 is 11.3 Å². The highest BCUT2D eigenvalue weighted by Crippen LogP contribution is 2.36. The van der Waals surface area contributed by atoms with E-state index in [2.05, 4.69) is 39.2 Å². The molecule has 0 atom stereocenters. The molecule has 1 aliphatic carbocycles. The number of aryl methyl sites for hydroxylation is 2. The predicted octanol–water partition coefficient (Wildman–Crippen LogP) is 3.05. The first-order chi connectivity index (χ1) is 12.3. The van der Waals surface area contributed by atoms with Crippen molar-refractivity contribution in [1.29, 1.82) is 0 Å². The zero-order valence-corrected chi connectivity index (χ0v) is 15.4. The third kappa shape index (κ3) is 2.47. The molecule has 6 heteroatoms. The number of fused-ring (bicyclic) bond motifs is 2. The van der Waals surface area contributed by atoms with E-state index in [1.807, 2.05) is 0 Å². The number of nitrogens with one attached hydrogen (secondary N) is 1. The Labute approximate surface area is 151 Å². The topological polar surface area (TPSA) is 45.5 Å². The van der Waals surface area contributed by atoms with E-state index < -0.39 is 0 Å². The quantitative estimate of drug-likeness (QED) is 0.769. The molecule has 0 aromatic carbocycles. The van der Waals surface area contributed by atoms with Gasteiger partial charge in [0.05, 0.1) is 11.3 Å². The molecule has 0 amide bonds. The Morgan fingerprint density at radius 2 is 2.00 bits per heavy atom. The van der Waals surface area contributed by atoms with Crippen molar-refractivity contribution in [3.8, 4) is 10.4 Å². The van der Waals surface area contributed by atoms with Crippen LogP contribution in [0.15, 0.2) is 17.5 Å². The fraction of sp³-hybridized carbons (Fsp3) is 0.474. The van der Waals surface area contributed by atoms with Crippen LogP contribution in [0.2, 0.25) is 0 Å². The average molecular weight is 353 g/mol. The molecule has 0 spiro atoms. The Kier molecular flexibility index (Phi) is 3.75. The molecule has 3 aromatic heterocycles. The second kappa shape index (κ2) is 6.11. The average Bonchev–Trinajstić information content (AvgIpc) is 3.27. The number of hydrogen-bond donors (Lipinski definition) is 1. The van der Waals surface area contributed by atoms with Crippen LogP contribution in [0.1, 0.15) is 29.8 Å². The molecule has 130 valence electrons. The van der Waals surface area contributed by atoms with Gasteiger partial charge < -0.3 is 10.2 Å². The highest BCUT2D eigenvalue weighted by molar-refractivity contribution is 7.13. The van der Waals surface area contributed by atoms with Crippen LogP contribution in [0, 0.1) is 6.92 Å². The van der Waals surface area contributed by atoms with E-state index in [0.717, 1.165) is 50.4 Å². The van der Waals surface area contributed by atoms with E-state index in [1.54, 1.807) is 11.3 Å². The highest BCUT2D eigenvalue weighted by atomic mass is 32.1. The van der Waals surface area contributed by atoms with Gasteiger partial charge in [-0.15, -0.1) is 11.3 Å². The Morgan fingerprint density at radius 3 is 2.80 bits per heavy atom. The van der Waals surface area contributed by atoms with Crippen LogP contribution in [0.25, 0.3) is 16.1 Å². The molecule has 0 bridgehead atoms. The van der Waals surface area contributed by atoms with Crippen molar-refractivity contribution in [2.45, 2.75) is 32.6 Å². The first-order valence-electron chi connectivity index (χ1n) is 9.23. The summed E-state index contributed by atoms with van der Waals surface area (Å²) in [6.07, 6.45) is 4.74. The summed E-state index contributed by atoms with van der Waals surface area (Å²) < 4.78 is 2.14. The van der Waals surface area contributed by atoms with E-state index in [0.29, 0.717) is 0 Å². The summed E-state index contributed by atoms with van der Waals surface area (Å²) in [5.74, 6) is 1.30. The van der Waals surface area contributed by atoms with Crippen LogP contribution in [-0.2, 0) is 12.8 Å². The van der Waals surface area contributed by atoms with Gasteiger partial charge in [-0.05, 0) is 44.1 Å². The van der Waals surface area contributed by atoms with Crippen molar-refractivity contribution in [1.82, 2.24) is 19.9 Å². The van der Waals surface area contributed by atoms with E-state index in [-0.39, 0.29) is 0 Å². The monoisotopic (exact) mass is 353 g/mol. The van der Waals surface area contributed by atoms with Crippen LogP contribution in [0.3, 0.4) is 0 Å². The van der Waals surface area contributed by atoms with E-state index in [4.69, 9.17) is 10.1 Å². The number of anilines is 1. The molecule has 3 aromatic rings. The SMILES string of the molecule is Cc1nn2c(N3CCNCC3)c3c(nc2c1-c1cccs1)CCCC3. The first kappa shape index (κ1) is 15.3. The molecule has 0 saturated carbocycles. The minimum Gasteiger partial charge on any atom is -0.354 e. The highest BCUT2D eigenvalue weighted by Gasteiger charge is 2.26. The second-order valence-corrected chi connectivity index (χ2v) is 7.93. The summed E-state index contributed by atoms with van der Waals surface area (Å²) in [5, 5.41) is 10.6. The third-order valence-corrected chi connectivity index (χ3v) is 6.26. The Balaban J connectivity index is 1.79. The lowest BCUT2D eigenvalue weighted by molar-refractivity contribution is 0.570. The molecule has 5 rings (SSSR count). The van der Waals surface area contributed by atoms with Crippen LogP contribution in [0.5, 0.6) is 0 Å². The minimum atomic E-state index is 1.04. The minimum absolute atomic E-state index is 1.04. The summed E-state index contributed by atoms with van der Waals surface area (Å²) >= 11 is 1.77. The largest absolute Gasteiger partial charge is 0.354 e. The molecule has 5 nitrogen and oxygen atoms in total. The van der Waals surface area contributed by atoms with Gasteiger partial charge in [-0.1, -0.05) is 6.07 Å². The zero-order chi connectivity index (χ0) is 16.8. The number of rotatable bonds is 2. The maximum atomic E-state index is 5.11. The Bertz CT molecular complexity index is 906. The molecular weight excluding hydrogens is 330 g/mol. The maximum Gasteiger partial charge on any atom is 0.166 e. The van der Waals surface area contributed by atoms with Gasteiger partial charge in [0, 0.05) is 42.3 Å². The van der Waals surface area contributed by atoms with Gasteiger partial charge in [0.15, 0.2) is 5.65 Å². The number of thiophene rings is 1. The first-order valence-corrected chi connectivity index (χ1v) is 10.1. The molecular formula is C19H23N5S. The Hall–Kier alpha value is -1.92. The summed E-state index contributed by atoms with van der Waals surface area (Å²) in [5.41, 5.74) is 6.05. The Morgan fingerprint density at radius 1 is 1.16 bits per heavy atom. The van der Waals surface area contributed by atoms with Crippen molar-refractivity contribution in [3.05, 3.63) is 34.5 Å². The van der Waals surface area contributed by atoms with E-state index >= 15 is 0 Å².